The number of hydrogen-bond donors (Lipinski definition) is 3. The van der Waals surface area contributed by atoms with Crippen LogP contribution in [0.15, 0.2) is 0 Å². The molecule has 2 atom stereocenters. The van der Waals surface area contributed by atoms with Gasteiger partial charge in [-0.25, -0.2) is 0 Å². The van der Waals surface area contributed by atoms with Gasteiger partial charge in [-0.15, -0.1) is 0 Å². The van der Waals surface area contributed by atoms with Gasteiger partial charge < -0.3 is 15.7 Å². The molecular formula is C8H18N2O. The highest BCUT2D eigenvalue weighted by Gasteiger charge is 2.15. The molecule has 1 rings (SSSR count). The molecule has 1 heterocycles. The minimum atomic E-state index is 0.242. The van der Waals surface area contributed by atoms with E-state index >= 15 is 0 Å². The molecular weight excluding hydrogens is 140 g/mol. The van der Waals surface area contributed by atoms with Gasteiger partial charge >= 0.3 is 0 Å². The number of nitrogens with one attached hydrogen (secondary N) is 2. The Morgan fingerprint density at radius 1 is 1.55 bits per heavy atom. The van der Waals surface area contributed by atoms with Crippen molar-refractivity contribution in [2.45, 2.75) is 31.8 Å². The fraction of sp³-hybridized carbons (Fsp3) is 1.00. The molecule has 0 bridgehead atoms. The quantitative estimate of drug-likeness (QED) is 0.529. The lowest BCUT2D eigenvalue weighted by Crippen LogP contribution is -2.47. The SMILES string of the molecule is CC1CCC(NCCO)CN1. The standard InChI is InChI=1S/C8H18N2O/c1-7-2-3-8(6-10-7)9-4-5-11/h7-11H,2-6H2,1H3. The lowest BCUT2D eigenvalue weighted by atomic mass is 10.0. The van der Waals surface area contributed by atoms with Gasteiger partial charge in [0.2, 0.25) is 0 Å². The molecule has 1 aliphatic rings. The van der Waals surface area contributed by atoms with Crippen LogP contribution in [0.4, 0.5) is 0 Å². The summed E-state index contributed by atoms with van der Waals surface area (Å²) in [6.07, 6.45) is 2.47. The molecule has 3 nitrogen and oxygen atoms in total. The molecule has 66 valence electrons. The molecule has 1 fully saturated rings. The van der Waals surface area contributed by atoms with Crippen molar-refractivity contribution in [3.05, 3.63) is 0 Å². The monoisotopic (exact) mass is 158 g/mol. The molecule has 0 radical (unpaired) electrons. The topological polar surface area (TPSA) is 44.3 Å². The predicted octanol–water partition coefficient (Wildman–Crippen LogP) is -0.291. The van der Waals surface area contributed by atoms with Gasteiger partial charge in [-0.2, -0.15) is 0 Å². The normalized spacial score (nSPS) is 32.2. The van der Waals surface area contributed by atoms with Gasteiger partial charge in [0.05, 0.1) is 6.61 Å². The molecule has 0 aromatic carbocycles. The van der Waals surface area contributed by atoms with E-state index in [4.69, 9.17) is 5.11 Å². The van der Waals surface area contributed by atoms with E-state index in [1.165, 1.54) is 12.8 Å². The van der Waals surface area contributed by atoms with Crippen LogP contribution >= 0.6 is 0 Å². The molecule has 0 amide bonds. The lowest BCUT2D eigenvalue weighted by molar-refractivity contribution is 0.267. The van der Waals surface area contributed by atoms with Crippen LogP contribution in [0.25, 0.3) is 0 Å². The molecule has 0 saturated carbocycles. The molecule has 1 saturated heterocycles. The van der Waals surface area contributed by atoms with Crippen LogP contribution in [0.2, 0.25) is 0 Å². The van der Waals surface area contributed by atoms with E-state index in [0.717, 1.165) is 13.1 Å². The molecule has 0 aromatic heterocycles. The summed E-state index contributed by atoms with van der Waals surface area (Å²) in [4.78, 5) is 0. The van der Waals surface area contributed by atoms with Crippen molar-refractivity contribution in [1.29, 1.82) is 0 Å². The average Bonchev–Trinajstić information content (AvgIpc) is 2.04. The van der Waals surface area contributed by atoms with Gasteiger partial charge in [0.25, 0.3) is 0 Å². The minimum Gasteiger partial charge on any atom is -0.395 e. The second-order valence-corrected chi connectivity index (χ2v) is 3.26. The first-order valence-corrected chi connectivity index (χ1v) is 4.40. The van der Waals surface area contributed by atoms with Crippen molar-refractivity contribution in [3.8, 4) is 0 Å². The van der Waals surface area contributed by atoms with Crippen molar-refractivity contribution in [2.24, 2.45) is 0 Å². The van der Waals surface area contributed by atoms with Crippen LogP contribution in [0, 0.1) is 0 Å². The summed E-state index contributed by atoms with van der Waals surface area (Å²) in [5.41, 5.74) is 0. The maximum Gasteiger partial charge on any atom is 0.0556 e. The molecule has 0 aliphatic carbocycles. The van der Waals surface area contributed by atoms with Crippen molar-refractivity contribution in [2.75, 3.05) is 19.7 Å². The minimum absolute atomic E-state index is 0.242. The average molecular weight is 158 g/mol. The summed E-state index contributed by atoms with van der Waals surface area (Å²) < 4.78 is 0. The fourth-order valence-corrected chi connectivity index (χ4v) is 1.44. The van der Waals surface area contributed by atoms with Gasteiger partial charge in [-0.1, -0.05) is 0 Å². The first-order valence-electron chi connectivity index (χ1n) is 4.40. The number of aliphatic hydroxyl groups is 1. The van der Waals surface area contributed by atoms with Crippen molar-refractivity contribution >= 4 is 0 Å². The maximum absolute atomic E-state index is 8.57. The highest BCUT2D eigenvalue weighted by molar-refractivity contribution is 4.79. The van der Waals surface area contributed by atoms with Gasteiger partial charge in [0.1, 0.15) is 0 Å². The summed E-state index contributed by atoms with van der Waals surface area (Å²) in [5.74, 6) is 0. The van der Waals surface area contributed by atoms with E-state index in [1.807, 2.05) is 0 Å². The van der Waals surface area contributed by atoms with Gasteiger partial charge in [0.15, 0.2) is 0 Å². The van der Waals surface area contributed by atoms with Crippen molar-refractivity contribution in [1.82, 2.24) is 10.6 Å². The molecule has 0 spiro atoms. The Balaban J connectivity index is 2.07. The summed E-state index contributed by atoms with van der Waals surface area (Å²) in [6, 6.07) is 1.24. The van der Waals surface area contributed by atoms with E-state index < -0.39 is 0 Å². The number of rotatable bonds is 3. The third-order valence-corrected chi connectivity index (χ3v) is 2.21. The smallest absolute Gasteiger partial charge is 0.0556 e. The Bertz CT molecular complexity index is 97.5. The summed E-state index contributed by atoms with van der Waals surface area (Å²) >= 11 is 0. The summed E-state index contributed by atoms with van der Waals surface area (Å²) in [7, 11) is 0. The van der Waals surface area contributed by atoms with Crippen LogP contribution in [-0.2, 0) is 0 Å². The Hall–Kier alpha value is -0.120. The molecule has 3 N–H and O–H groups in total. The lowest BCUT2D eigenvalue weighted by Gasteiger charge is -2.28. The molecule has 11 heavy (non-hydrogen) atoms. The van der Waals surface area contributed by atoms with E-state index in [2.05, 4.69) is 17.6 Å². The second-order valence-electron chi connectivity index (χ2n) is 3.26. The zero-order valence-corrected chi connectivity index (χ0v) is 7.14. The molecule has 2 unspecified atom stereocenters. The fourth-order valence-electron chi connectivity index (χ4n) is 1.44. The van der Waals surface area contributed by atoms with E-state index in [-0.39, 0.29) is 6.61 Å². The Kier molecular flexibility index (Phi) is 3.83. The third-order valence-electron chi connectivity index (χ3n) is 2.21. The van der Waals surface area contributed by atoms with Crippen LogP contribution < -0.4 is 10.6 Å². The van der Waals surface area contributed by atoms with Crippen LogP contribution in [0.1, 0.15) is 19.8 Å². The predicted molar refractivity (Wildman–Crippen MR) is 45.6 cm³/mol. The van der Waals surface area contributed by atoms with Gasteiger partial charge in [0, 0.05) is 25.2 Å². The zero-order chi connectivity index (χ0) is 8.10. The zero-order valence-electron chi connectivity index (χ0n) is 7.14. The third kappa shape index (κ3) is 3.18. The summed E-state index contributed by atoms with van der Waals surface area (Å²) in [5, 5.41) is 15.2. The Labute approximate surface area is 68.2 Å². The Morgan fingerprint density at radius 2 is 2.36 bits per heavy atom. The molecule has 0 aromatic rings. The Morgan fingerprint density at radius 3 is 2.91 bits per heavy atom. The van der Waals surface area contributed by atoms with Crippen LogP contribution in [0.5, 0.6) is 0 Å². The molecule has 3 heteroatoms. The highest BCUT2D eigenvalue weighted by atomic mass is 16.3. The number of aliphatic hydroxyl groups excluding tert-OH is 1. The van der Waals surface area contributed by atoms with E-state index in [9.17, 15) is 0 Å². The van der Waals surface area contributed by atoms with E-state index in [0.29, 0.717) is 12.1 Å². The van der Waals surface area contributed by atoms with Gasteiger partial charge in [-0.05, 0) is 19.8 Å². The summed E-state index contributed by atoms with van der Waals surface area (Å²) in [6.45, 7) is 4.22. The molecule has 1 aliphatic heterocycles. The van der Waals surface area contributed by atoms with Crippen molar-refractivity contribution in [3.63, 3.8) is 0 Å². The first-order chi connectivity index (χ1) is 5.33. The largest absolute Gasteiger partial charge is 0.395 e. The van der Waals surface area contributed by atoms with Crippen molar-refractivity contribution < 1.29 is 5.11 Å². The number of hydrogen-bond acceptors (Lipinski definition) is 3. The van der Waals surface area contributed by atoms with Crippen LogP contribution in [-0.4, -0.2) is 36.9 Å². The van der Waals surface area contributed by atoms with Gasteiger partial charge in [-0.3, -0.25) is 0 Å². The first kappa shape index (κ1) is 8.97. The van der Waals surface area contributed by atoms with E-state index in [1.54, 1.807) is 0 Å². The second kappa shape index (κ2) is 4.70. The maximum atomic E-state index is 8.57. The number of piperidine rings is 1. The highest BCUT2D eigenvalue weighted by Crippen LogP contribution is 2.06. The van der Waals surface area contributed by atoms with Crippen LogP contribution in [0.3, 0.4) is 0 Å².